The van der Waals surface area contributed by atoms with E-state index in [0.29, 0.717) is 31.8 Å². The summed E-state index contributed by atoms with van der Waals surface area (Å²) >= 11 is 0. The van der Waals surface area contributed by atoms with Crippen molar-refractivity contribution in [3.05, 3.63) is 81.0 Å². The van der Waals surface area contributed by atoms with Gasteiger partial charge < -0.3 is 24.8 Å². The molecule has 36 heavy (non-hydrogen) atoms. The van der Waals surface area contributed by atoms with E-state index in [1.165, 1.54) is 9.47 Å². The summed E-state index contributed by atoms with van der Waals surface area (Å²) in [7, 11) is 3.15. The minimum Gasteiger partial charge on any atom is -0.497 e. The van der Waals surface area contributed by atoms with Crippen LogP contribution >= 0.6 is 0 Å². The van der Waals surface area contributed by atoms with Gasteiger partial charge in [0.25, 0.3) is 5.56 Å². The van der Waals surface area contributed by atoms with Crippen LogP contribution in [0, 0.1) is 0 Å². The molecule has 192 valence electrons. The van der Waals surface area contributed by atoms with Crippen molar-refractivity contribution < 1.29 is 19.0 Å². The Kier molecular flexibility index (Phi) is 9.70. The number of nitrogen functional groups attached to an aromatic ring is 1. The summed E-state index contributed by atoms with van der Waals surface area (Å²) in [5.74, 6) is 1.02. The Morgan fingerprint density at radius 3 is 2.33 bits per heavy atom. The zero-order chi connectivity index (χ0) is 25.9. The molecule has 0 saturated heterocycles. The van der Waals surface area contributed by atoms with E-state index in [-0.39, 0.29) is 36.9 Å². The second kappa shape index (κ2) is 13.1. The minimum atomic E-state index is -0.706. The van der Waals surface area contributed by atoms with Crippen LogP contribution in [0.5, 0.6) is 11.5 Å². The summed E-state index contributed by atoms with van der Waals surface area (Å²) in [4.78, 5) is 42.2. The van der Waals surface area contributed by atoms with Crippen LogP contribution in [0.2, 0.25) is 0 Å². The molecule has 0 aliphatic carbocycles. The molecule has 0 bridgehead atoms. The number of anilines is 2. The highest BCUT2D eigenvalue weighted by Crippen LogP contribution is 2.20. The number of benzene rings is 2. The van der Waals surface area contributed by atoms with Crippen LogP contribution < -0.4 is 31.4 Å². The van der Waals surface area contributed by atoms with E-state index in [0.717, 1.165) is 11.3 Å². The first kappa shape index (κ1) is 26.6. The fourth-order valence-corrected chi connectivity index (χ4v) is 3.71. The van der Waals surface area contributed by atoms with E-state index in [4.69, 9.17) is 19.9 Å². The van der Waals surface area contributed by atoms with Gasteiger partial charge in [-0.1, -0.05) is 30.3 Å². The lowest BCUT2D eigenvalue weighted by Crippen LogP contribution is -2.42. The first-order chi connectivity index (χ1) is 17.4. The average Bonchev–Trinajstić information content (AvgIpc) is 2.89. The van der Waals surface area contributed by atoms with Crippen molar-refractivity contribution in [2.24, 2.45) is 0 Å². The van der Waals surface area contributed by atoms with Gasteiger partial charge in [-0.3, -0.25) is 19.1 Å². The number of aromatic amines is 1. The molecule has 3 aromatic rings. The van der Waals surface area contributed by atoms with Crippen LogP contribution in [0.1, 0.15) is 24.8 Å². The maximum absolute atomic E-state index is 13.2. The molecule has 0 aliphatic heterocycles. The van der Waals surface area contributed by atoms with Gasteiger partial charge in [-0.2, -0.15) is 0 Å². The molecule has 0 aliphatic rings. The molecular weight excluding hydrogens is 464 g/mol. The van der Waals surface area contributed by atoms with Gasteiger partial charge in [0.15, 0.2) is 5.69 Å². The number of nitrogens with one attached hydrogen (secondary N) is 1. The molecule has 0 atom stereocenters. The summed E-state index contributed by atoms with van der Waals surface area (Å²) in [5.41, 5.74) is 5.76. The van der Waals surface area contributed by atoms with Gasteiger partial charge in [0.2, 0.25) is 5.91 Å². The molecule has 10 nitrogen and oxygen atoms in total. The van der Waals surface area contributed by atoms with Crippen LogP contribution in [-0.2, 0) is 16.1 Å². The number of H-pyrrole nitrogens is 1. The number of nitrogens with zero attached hydrogens (tertiary/aromatic N) is 2. The van der Waals surface area contributed by atoms with Gasteiger partial charge >= 0.3 is 5.69 Å². The third kappa shape index (κ3) is 6.98. The van der Waals surface area contributed by atoms with Gasteiger partial charge in [-0.15, -0.1) is 0 Å². The molecule has 3 N–H and O–H groups in total. The zero-order valence-electron chi connectivity index (χ0n) is 20.6. The van der Waals surface area contributed by atoms with Crippen molar-refractivity contribution >= 4 is 17.4 Å². The largest absolute Gasteiger partial charge is 0.497 e. The number of rotatable bonds is 13. The fraction of sp³-hybridized carbons (Fsp3) is 0.346. The zero-order valence-corrected chi connectivity index (χ0v) is 20.6. The van der Waals surface area contributed by atoms with Gasteiger partial charge in [-0.05, 0) is 42.7 Å². The number of methoxy groups -OCH3 is 2. The van der Waals surface area contributed by atoms with E-state index in [9.17, 15) is 14.4 Å². The highest BCUT2D eigenvalue weighted by Gasteiger charge is 2.24. The maximum Gasteiger partial charge on any atom is 0.330 e. The standard InChI is InChI=1S/C26H32N4O6/c1-34-16-7-15-29(22(31)10-6-17-36-21-13-11-20(35-2)12-14-21)23-24(27)30(26(33)28-25(23)32)18-19-8-4-3-5-9-19/h3-5,8-9,11-14H,6-7,10,15-18,27H2,1-2H3,(H,28,32,33). The Morgan fingerprint density at radius 1 is 0.972 bits per heavy atom. The normalized spacial score (nSPS) is 10.7. The molecular formula is C26H32N4O6. The lowest BCUT2D eigenvalue weighted by atomic mass is 10.2. The van der Waals surface area contributed by atoms with Crippen LogP contribution in [0.25, 0.3) is 0 Å². The summed E-state index contributed by atoms with van der Waals surface area (Å²) in [6.45, 7) is 1.07. The molecule has 1 heterocycles. The van der Waals surface area contributed by atoms with Crippen LogP contribution in [0.3, 0.4) is 0 Å². The SMILES string of the molecule is COCCCN(C(=O)CCCOc1ccc(OC)cc1)c1c(N)n(Cc2ccccc2)c(=O)[nH]c1=O. The fourth-order valence-electron chi connectivity index (χ4n) is 3.71. The molecule has 3 rings (SSSR count). The predicted octanol–water partition coefficient (Wildman–Crippen LogP) is 2.40. The highest BCUT2D eigenvalue weighted by atomic mass is 16.5. The first-order valence-corrected chi connectivity index (χ1v) is 11.7. The lowest BCUT2D eigenvalue weighted by Gasteiger charge is -2.24. The third-order valence-corrected chi connectivity index (χ3v) is 5.56. The second-order valence-electron chi connectivity index (χ2n) is 8.08. The molecule has 0 radical (unpaired) electrons. The number of hydrogen-bond acceptors (Lipinski definition) is 7. The van der Waals surface area contributed by atoms with E-state index in [2.05, 4.69) is 4.98 Å². The third-order valence-electron chi connectivity index (χ3n) is 5.56. The van der Waals surface area contributed by atoms with Gasteiger partial charge in [0.1, 0.15) is 17.3 Å². The summed E-state index contributed by atoms with van der Waals surface area (Å²) in [5, 5.41) is 0. The topological polar surface area (TPSA) is 129 Å². The number of amides is 1. The summed E-state index contributed by atoms with van der Waals surface area (Å²) in [6.07, 6.45) is 1.04. The van der Waals surface area contributed by atoms with Crippen molar-refractivity contribution in [2.75, 3.05) is 44.6 Å². The van der Waals surface area contributed by atoms with Crippen molar-refractivity contribution in [1.82, 2.24) is 9.55 Å². The summed E-state index contributed by atoms with van der Waals surface area (Å²) < 4.78 is 17.2. The molecule has 2 aromatic carbocycles. The van der Waals surface area contributed by atoms with Crippen molar-refractivity contribution in [3.8, 4) is 11.5 Å². The molecule has 0 saturated carbocycles. The van der Waals surface area contributed by atoms with E-state index >= 15 is 0 Å². The Bertz CT molecular complexity index is 1240. The molecule has 0 unspecified atom stereocenters. The van der Waals surface area contributed by atoms with Gasteiger partial charge in [0.05, 0.1) is 20.3 Å². The van der Waals surface area contributed by atoms with Crippen molar-refractivity contribution in [2.45, 2.75) is 25.8 Å². The number of nitrogens with two attached hydrogens (primary N) is 1. The Labute approximate surface area is 209 Å². The second-order valence-corrected chi connectivity index (χ2v) is 8.08. The van der Waals surface area contributed by atoms with Crippen molar-refractivity contribution in [1.29, 1.82) is 0 Å². The minimum absolute atomic E-state index is 0.0392. The lowest BCUT2D eigenvalue weighted by molar-refractivity contribution is -0.118. The highest BCUT2D eigenvalue weighted by molar-refractivity contribution is 5.95. The monoisotopic (exact) mass is 496 g/mol. The van der Waals surface area contributed by atoms with Crippen LogP contribution in [-0.4, -0.2) is 49.4 Å². The number of ether oxygens (including phenoxy) is 3. The molecule has 0 fully saturated rings. The van der Waals surface area contributed by atoms with E-state index < -0.39 is 11.2 Å². The van der Waals surface area contributed by atoms with Crippen LogP contribution in [0.4, 0.5) is 11.5 Å². The van der Waals surface area contributed by atoms with Crippen LogP contribution in [0.15, 0.2) is 64.2 Å². The number of carbonyl (C=O) groups is 1. The van der Waals surface area contributed by atoms with Crippen molar-refractivity contribution in [3.63, 3.8) is 0 Å². The summed E-state index contributed by atoms with van der Waals surface area (Å²) in [6, 6.07) is 16.4. The first-order valence-electron chi connectivity index (χ1n) is 11.7. The molecule has 0 spiro atoms. The molecule has 1 aromatic heterocycles. The average molecular weight is 497 g/mol. The quantitative estimate of drug-likeness (QED) is 0.348. The smallest absolute Gasteiger partial charge is 0.330 e. The Hall–Kier alpha value is -4.05. The number of aromatic nitrogens is 2. The predicted molar refractivity (Wildman–Crippen MR) is 138 cm³/mol. The number of carbonyl (C=O) groups excluding carboxylic acids is 1. The molecule has 10 heteroatoms. The molecule has 1 amide bonds. The van der Waals surface area contributed by atoms with E-state index in [1.54, 1.807) is 38.5 Å². The van der Waals surface area contributed by atoms with Gasteiger partial charge in [-0.25, -0.2) is 4.79 Å². The maximum atomic E-state index is 13.2. The van der Waals surface area contributed by atoms with E-state index in [1.807, 2.05) is 30.3 Å². The Morgan fingerprint density at radius 2 is 1.67 bits per heavy atom. The Balaban J connectivity index is 1.76. The van der Waals surface area contributed by atoms with Gasteiger partial charge in [0, 0.05) is 26.7 Å². The number of hydrogen-bond donors (Lipinski definition) is 2.